The van der Waals surface area contributed by atoms with Gasteiger partial charge in [0.1, 0.15) is 5.78 Å². The summed E-state index contributed by atoms with van der Waals surface area (Å²) in [5, 5.41) is 0.725. The molecule has 4 nitrogen and oxygen atoms in total. The summed E-state index contributed by atoms with van der Waals surface area (Å²) in [6.45, 7) is 11.2. The number of benzene rings is 1. The maximum Gasteiger partial charge on any atom is 0.251 e. The standard InChI is InChI=1S/C27H37ClN2O2S/c1-5-21-13-15-25(29-27(21)32)23(12-9-8-11-20(4)31)22-14-16-26(24(28)19-22)33-18-10-17-30(6-2)7-3/h12-16,19H,5-11,17-18H2,1-4H3,(H,29,32)/b23-12+. The molecule has 1 aromatic heterocycles. The Morgan fingerprint density at radius 1 is 1.12 bits per heavy atom. The highest BCUT2D eigenvalue weighted by atomic mass is 35.5. The fourth-order valence-electron chi connectivity index (χ4n) is 3.72. The van der Waals surface area contributed by atoms with Crippen LogP contribution in [-0.4, -0.2) is 41.1 Å². The highest BCUT2D eigenvalue weighted by Crippen LogP contribution is 2.32. The summed E-state index contributed by atoms with van der Waals surface area (Å²) in [6, 6.07) is 9.97. The molecule has 2 rings (SSSR count). The number of allylic oxidation sites excluding steroid dienone is 1. The number of Topliss-reactive ketones (excluding diaryl/α,β-unsaturated/α-hetero) is 1. The van der Waals surface area contributed by atoms with Crippen LogP contribution >= 0.6 is 23.4 Å². The number of aromatic amines is 1. The first-order valence-electron chi connectivity index (χ1n) is 12.0. The van der Waals surface area contributed by atoms with Crippen molar-refractivity contribution < 1.29 is 4.79 Å². The Balaban J connectivity index is 2.21. The molecular weight excluding hydrogens is 452 g/mol. The second kappa shape index (κ2) is 14.4. The second-order valence-corrected chi connectivity index (χ2v) is 9.71. The van der Waals surface area contributed by atoms with Crippen LogP contribution in [0, 0.1) is 0 Å². The lowest BCUT2D eigenvalue weighted by Crippen LogP contribution is -2.24. The van der Waals surface area contributed by atoms with Crippen LogP contribution in [0.2, 0.25) is 5.02 Å². The topological polar surface area (TPSA) is 53.2 Å². The molecule has 1 aromatic carbocycles. The van der Waals surface area contributed by atoms with E-state index in [-0.39, 0.29) is 11.3 Å². The number of nitrogens with one attached hydrogen (secondary N) is 1. The first-order valence-corrected chi connectivity index (χ1v) is 13.3. The van der Waals surface area contributed by atoms with Crippen LogP contribution in [-0.2, 0) is 11.2 Å². The number of ketones is 1. The maximum atomic E-state index is 12.4. The van der Waals surface area contributed by atoms with Crippen LogP contribution in [0.15, 0.2) is 46.1 Å². The minimum absolute atomic E-state index is 0.0592. The van der Waals surface area contributed by atoms with E-state index < -0.39 is 0 Å². The SMILES string of the molecule is CCc1ccc(/C(=C/CCCC(C)=O)c2ccc(SCCCN(CC)CC)c(Cl)c2)[nH]c1=O. The van der Waals surface area contributed by atoms with Gasteiger partial charge in [0.05, 0.1) is 5.02 Å². The van der Waals surface area contributed by atoms with E-state index in [4.69, 9.17) is 11.6 Å². The van der Waals surface area contributed by atoms with Gasteiger partial charge in [0.2, 0.25) is 0 Å². The summed E-state index contributed by atoms with van der Waals surface area (Å²) in [5.41, 5.74) is 3.39. The minimum atomic E-state index is -0.0592. The van der Waals surface area contributed by atoms with Gasteiger partial charge in [-0.2, -0.15) is 0 Å². The number of hydrogen-bond acceptors (Lipinski definition) is 4. The number of thioether (sulfide) groups is 1. The average molecular weight is 489 g/mol. The lowest BCUT2D eigenvalue weighted by Gasteiger charge is -2.17. The highest BCUT2D eigenvalue weighted by Gasteiger charge is 2.11. The van der Waals surface area contributed by atoms with E-state index in [0.717, 1.165) is 77.0 Å². The van der Waals surface area contributed by atoms with Crippen molar-refractivity contribution in [2.45, 2.75) is 64.7 Å². The van der Waals surface area contributed by atoms with E-state index in [1.807, 2.05) is 25.1 Å². The number of carbonyl (C=O) groups is 1. The van der Waals surface area contributed by atoms with Crippen LogP contribution in [0.1, 0.15) is 70.2 Å². The van der Waals surface area contributed by atoms with Crippen molar-refractivity contribution in [2.75, 3.05) is 25.4 Å². The number of halogens is 1. The van der Waals surface area contributed by atoms with Gasteiger partial charge in [0.25, 0.3) is 5.56 Å². The van der Waals surface area contributed by atoms with Crippen molar-refractivity contribution in [3.63, 3.8) is 0 Å². The quantitative estimate of drug-likeness (QED) is 0.240. The zero-order chi connectivity index (χ0) is 24.2. The average Bonchev–Trinajstić information content (AvgIpc) is 2.80. The molecule has 1 N–H and O–H groups in total. The molecule has 0 atom stereocenters. The molecule has 1 heterocycles. The molecule has 0 aliphatic carbocycles. The zero-order valence-corrected chi connectivity index (χ0v) is 22.0. The molecule has 0 unspecified atom stereocenters. The highest BCUT2D eigenvalue weighted by molar-refractivity contribution is 7.99. The van der Waals surface area contributed by atoms with Crippen molar-refractivity contribution in [3.8, 4) is 0 Å². The zero-order valence-electron chi connectivity index (χ0n) is 20.4. The molecule has 0 saturated carbocycles. The Morgan fingerprint density at radius 3 is 2.48 bits per heavy atom. The number of nitrogens with zero attached hydrogens (tertiary/aromatic N) is 1. The largest absolute Gasteiger partial charge is 0.322 e. The van der Waals surface area contributed by atoms with Crippen LogP contribution in [0.25, 0.3) is 5.57 Å². The van der Waals surface area contributed by atoms with Gasteiger partial charge >= 0.3 is 0 Å². The summed E-state index contributed by atoms with van der Waals surface area (Å²) in [4.78, 5) is 30.3. The van der Waals surface area contributed by atoms with E-state index in [0.29, 0.717) is 12.8 Å². The Labute approximate surface area is 207 Å². The lowest BCUT2D eigenvalue weighted by atomic mass is 9.99. The molecule has 0 fully saturated rings. The van der Waals surface area contributed by atoms with E-state index in [1.165, 1.54) is 0 Å². The number of carbonyl (C=O) groups excluding carboxylic acids is 1. The first kappa shape index (κ1) is 27.4. The summed E-state index contributed by atoms with van der Waals surface area (Å²) in [5.74, 6) is 1.21. The van der Waals surface area contributed by atoms with Gasteiger partial charge in [-0.05, 0) is 81.8 Å². The Kier molecular flexibility index (Phi) is 12.0. The third-order valence-electron chi connectivity index (χ3n) is 5.76. The van der Waals surface area contributed by atoms with Crippen LogP contribution in [0.5, 0.6) is 0 Å². The van der Waals surface area contributed by atoms with E-state index in [2.05, 4.69) is 41.9 Å². The molecule has 0 amide bonds. The monoisotopic (exact) mass is 488 g/mol. The maximum absolute atomic E-state index is 12.4. The van der Waals surface area contributed by atoms with Gasteiger partial charge in [-0.15, -0.1) is 11.8 Å². The summed E-state index contributed by atoms with van der Waals surface area (Å²) in [6.07, 6.45) is 6.01. The fourth-order valence-corrected chi connectivity index (χ4v) is 4.91. The predicted octanol–water partition coefficient (Wildman–Crippen LogP) is 6.61. The van der Waals surface area contributed by atoms with Crippen LogP contribution < -0.4 is 5.56 Å². The molecule has 0 saturated heterocycles. The third-order valence-corrected chi connectivity index (χ3v) is 7.34. The van der Waals surface area contributed by atoms with Crippen molar-refractivity contribution in [1.29, 1.82) is 0 Å². The minimum Gasteiger partial charge on any atom is -0.322 e. The molecule has 6 heteroatoms. The van der Waals surface area contributed by atoms with Gasteiger partial charge in [-0.1, -0.05) is 50.6 Å². The Bertz CT molecular complexity index is 996. The molecule has 0 radical (unpaired) electrons. The van der Waals surface area contributed by atoms with Crippen molar-refractivity contribution in [3.05, 3.63) is 68.6 Å². The number of rotatable bonds is 14. The van der Waals surface area contributed by atoms with E-state index in [1.54, 1.807) is 18.7 Å². The van der Waals surface area contributed by atoms with Crippen molar-refractivity contribution in [2.24, 2.45) is 0 Å². The number of hydrogen-bond donors (Lipinski definition) is 1. The molecular formula is C27H37ClN2O2S. The lowest BCUT2D eigenvalue weighted by molar-refractivity contribution is -0.117. The molecule has 0 aliphatic heterocycles. The van der Waals surface area contributed by atoms with Gasteiger partial charge in [0, 0.05) is 28.1 Å². The molecule has 0 aliphatic rings. The Morgan fingerprint density at radius 2 is 1.88 bits per heavy atom. The summed E-state index contributed by atoms with van der Waals surface area (Å²) >= 11 is 8.45. The van der Waals surface area contributed by atoms with Crippen LogP contribution in [0.4, 0.5) is 0 Å². The molecule has 0 bridgehead atoms. The molecule has 0 spiro atoms. The first-order chi connectivity index (χ1) is 15.9. The number of aryl methyl sites for hydroxylation is 1. The van der Waals surface area contributed by atoms with Crippen LogP contribution in [0.3, 0.4) is 0 Å². The molecule has 180 valence electrons. The van der Waals surface area contributed by atoms with Crippen molar-refractivity contribution >= 4 is 34.7 Å². The second-order valence-electron chi connectivity index (χ2n) is 8.17. The normalized spacial score (nSPS) is 11.9. The van der Waals surface area contributed by atoms with E-state index >= 15 is 0 Å². The predicted molar refractivity (Wildman–Crippen MR) is 143 cm³/mol. The summed E-state index contributed by atoms with van der Waals surface area (Å²) in [7, 11) is 0. The molecule has 33 heavy (non-hydrogen) atoms. The number of pyridine rings is 1. The van der Waals surface area contributed by atoms with Gasteiger partial charge in [0.15, 0.2) is 0 Å². The van der Waals surface area contributed by atoms with Gasteiger partial charge in [-0.25, -0.2) is 0 Å². The van der Waals surface area contributed by atoms with Crippen molar-refractivity contribution in [1.82, 2.24) is 9.88 Å². The number of aromatic nitrogens is 1. The van der Waals surface area contributed by atoms with E-state index in [9.17, 15) is 9.59 Å². The Hall–Kier alpha value is -1.82. The number of unbranched alkanes of at least 4 members (excludes halogenated alkanes) is 1. The molecule has 2 aromatic rings. The number of H-pyrrole nitrogens is 1. The third kappa shape index (κ3) is 8.80. The summed E-state index contributed by atoms with van der Waals surface area (Å²) < 4.78 is 0. The fraction of sp³-hybridized carbons (Fsp3) is 0.481. The smallest absolute Gasteiger partial charge is 0.251 e. The van der Waals surface area contributed by atoms with Gasteiger partial charge in [-0.3, -0.25) is 4.79 Å². The van der Waals surface area contributed by atoms with Gasteiger partial charge < -0.3 is 14.7 Å².